The van der Waals surface area contributed by atoms with E-state index in [-0.39, 0.29) is 18.0 Å². The monoisotopic (exact) mass is 701 g/mol. The van der Waals surface area contributed by atoms with E-state index in [1.807, 2.05) is 0 Å². The average molecular weight is 701 g/mol. The molecule has 1 aromatic rings. The Morgan fingerprint density at radius 3 is 1.18 bits per heavy atom. The van der Waals surface area contributed by atoms with E-state index < -0.39 is 0 Å². The van der Waals surface area contributed by atoms with E-state index in [2.05, 4.69) is 24.5 Å². The molecule has 5 heteroatoms. The van der Waals surface area contributed by atoms with Crippen molar-refractivity contribution in [2.75, 3.05) is 11.9 Å². The second-order valence-corrected chi connectivity index (χ2v) is 15.3. The summed E-state index contributed by atoms with van der Waals surface area (Å²) in [6.07, 6.45) is 45.5. The maximum atomic E-state index is 12.7. The van der Waals surface area contributed by atoms with Crippen LogP contribution in [0.5, 0.6) is 5.75 Å². The summed E-state index contributed by atoms with van der Waals surface area (Å²) in [4.78, 5) is 12.7. The molecule has 50 heavy (non-hydrogen) atoms. The molecule has 0 saturated carbocycles. The Labute approximate surface area is 311 Å². The third-order valence-electron chi connectivity index (χ3n) is 10.3. The van der Waals surface area contributed by atoms with Crippen LogP contribution >= 0.6 is 0 Å². The van der Waals surface area contributed by atoms with E-state index in [0.717, 1.165) is 19.3 Å². The van der Waals surface area contributed by atoms with Gasteiger partial charge in [-0.3, -0.25) is 0 Å². The molecule has 3 N–H and O–H groups in total. The average Bonchev–Trinajstić information content (AvgIpc) is 3.11. The number of urea groups is 1. The minimum Gasteiger partial charge on any atom is -0.508 e. The van der Waals surface area contributed by atoms with Crippen LogP contribution in [0.2, 0.25) is 0 Å². The number of carbonyl (C=O) groups is 1. The largest absolute Gasteiger partial charge is 0.508 e. The molecule has 0 fully saturated rings. The first-order chi connectivity index (χ1) is 24.7. The third kappa shape index (κ3) is 32.2. The van der Waals surface area contributed by atoms with E-state index in [1.54, 1.807) is 24.3 Å². The van der Waals surface area contributed by atoms with Gasteiger partial charge in [0.25, 0.3) is 0 Å². The summed E-state index contributed by atoms with van der Waals surface area (Å²) in [5.41, 5.74) is 0.661. The van der Waals surface area contributed by atoms with Crippen molar-refractivity contribution in [1.82, 2.24) is 5.32 Å². The van der Waals surface area contributed by atoms with Gasteiger partial charge < -0.3 is 20.5 Å². The van der Waals surface area contributed by atoms with Crippen molar-refractivity contribution >= 4 is 11.7 Å². The summed E-state index contributed by atoms with van der Waals surface area (Å²) >= 11 is 0. The van der Waals surface area contributed by atoms with Crippen molar-refractivity contribution in [1.29, 1.82) is 0 Å². The van der Waals surface area contributed by atoms with E-state index >= 15 is 0 Å². The Morgan fingerprint density at radius 2 is 0.820 bits per heavy atom. The highest BCUT2D eigenvalue weighted by molar-refractivity contribution is 5.89. The summed E-state index contributed by atoms with van der Waals surface area (Å²) in [5, 5.41) is 15.5. The maximum absolute atomic E-state index is 12.7. The van der Waals surface area contributed by atoms with Gasteiger partial charge in [0.15, 0.2) is 0 Å². The van der Waals surface area contributed by atoms with Gasteiger partial charge in [-0.2, -0.15) is 0 Å². The molecule has 0 radical (unpaired) electrons. The molecule has 0 aromatic heterocycles. The number of hydrogen-bond donors (Lipinski definition) is 3. The molecule has 292 valence electrons. The van der Waals surface area contributed by atoms with Gasteiger partial charge >= 0.3 is 6.03 Å². The molecule has 0 saturated heterocycles. The molecule has 2 amide bonds. The predicted octanol–water partition coefficient (Wildman–Crippen LogP) is 15.2. The van der Waals surface area contributed by atoms with Crippen LogP contribution in [0.1, 0.15) is 232 Å². The van der Waals surface area contributed by atoms with Crippen molar-refractivity contribution in [3.05, 3.63) is 24.3 Å². The summed E-state index contributed by atoms with van der Waals surface area (Å²) in [6, 6.07) is 6.32. The van der Waals surface area contributed by atoms with Crippen LogP contribution in [0.15, 0.2) is 24.3 Å². The van der Waals surface area contributed by atoms with Gasteiger partial charge in [0.05, 0.1) is 0 Å². The number of unbranched alkanes of at least 4 members (excludes halogenated alkanes) is 31. The number of anilines is 1. The van der Waals surface area contributed by atoms with Crippen LogP contribution in [0.4, 0.5) is 10.5 Å². The fourth-order valence-corrected chi connectivity index (χ4v) is 6.99. The molecular formula is C45H84N2O3. The third-order valence-corrected chi connectivity index (χ3v) is 10.3. The number of phenols is 1. The zero-order valence-corrected chi connectivity index (χ0v) is 33.4. The minimum absolute atomic E-state index is 0.189. The lowest BCUT2D eigenvalue weighted by Crippen LogP contribution is -2.40. The Hall–Kier alpha value is -1.75. The van der Waals surface area contributed by atoms with Gasteiger partial charge in [0.2, 0.25) is 0 Å². The molecule has 1 rings (SSSR count). The van der Waals surface area contributed by atoms with Gasteiger partial charge in [0, 0.05) is 12.3 Å². The van der Waals surface area contributed by atoms with Crippen LogP contribution < -0.4 is 10.6 Å². The fraction of sp³-hybridized carbons (Fsp3) is 0.844. The highest BCUT2D eigenvalue weighted by Gasteiger charge is 2.13. The number of benzene rings is 1. The first-order valence-electron chi connectivity index (χ1n) is 22.1. The Kier molecular flexibility index (Phi) is 34.3. The number of phenolic OH excluding ortho intramolecular Hbond substituents is 1. The first-order valence-corrected chi connectivity index (χ1v) is 22.1. The van der Waals surface area contributed by atoms with Gasteiger partial charge in [-0.05, 0) is 43.5 Å². The van der Waals surface area contributed by atoms with Crippen LogP contribution in [0.25, 0.3) is 0 Å². The van der Waals surface area contributed by atoms with Gasteiger partial charge in [-0.25, -0.2) is 4.79 Å². The number of amides is 2. The van der Waals surface area contributed by atoms with E-state index in [4.69, 9.17) is 4.74 Å². The van der Waals surface area contributed by atoms with E-state index in [0.29, 0.717) is 12.3 Å². The topological polar surface area (TPSA) is 70.6 Å². The van der Waals surface area contributed by atoms with Crippen LogP contribution in [0, 0.1) is 0 Å². The lowest BCUT2D eigenvalue weighted by atomic mass is 10.0. The SMILES string of the molecule is CCCCCCCCCCCCCCCCCCCCCCOC(CCCCCCCCCCCCCCC)NC(=O)Nc1ccc(O)cc1. The fourth-order valence-electron chi connectivity index (χ4n) is 6.99. The molecule has 1 atom stereocenters. The normalized spacial score (nSPS) is 12.0. The van der Waals surface area contributed by atoms with Crippen molar-refractivity contribution in [2.24, 2.45) is 0 Å². The van der Waals surface area contributed by atoms with Crippen LogP contribution in [-0.2, 0) is 4.74 Å². The lowest BCUT2D eigenvalue weighted by molar-refractivity contribution is 0.0288. The molecule has 0 bridgehead atoms. The van der Waals surface area contributed by atoms with Gasteiger partial charge in [-0.15, -0.1) is 0 Å². The van der Waals surface area contributed by atoms with Crippen molar-refractivity contribution in [3.63, 3.8) is 0 Å². The minimum atomic E-state index is -0.264. The Morgan fingerprint density at radius 1 is 0.500 bits per heavy atom. The molecule has 1 unspecified atom stereocenters. The van der Waals surface area contributed by atoms with Crippen molar-refractivity contribution in [3.8, 4) is 5.75 Å². The zero-order chi connectivity index (χ0) is 36.0. The standard InChI is InChI=1S/C45H84N2O3/c1-3-5-7-9-11-13-15-17-18-19-20-21-22-23-25-27-29-31-33-35-41-50-44(47-45(49)46-42-37-39-43(48)40-38-42)36-34-32-30-28-26-24-16-14-12-10-8-6-4-2/h37-40,44,48H,3-36,41H2,1-2H3,(H2,46,47,49). The summed E-state index contributed by atoms with van der Waals surface area (Å²) < 4.78 is 6.20. The Bertz CT molecular complexity index is 830. The number of rotatable bonds is 38. The van der Waals surface area contributed by atoms with Crippen molar-refractivity contribution < 1.29 is 14.6 Å². The molecule has 0 spiro atoms. The van der Waals surface area contributed by atoms with Crippen molar-refractivity contribution in [2.45, 2.75) is 238 Å². The quantitative estimate of drug-likeness (QED) is 0.0365. The van der Waals surface area contributed by atoms with Gasteiger partial charge in [0.1, 0.15) is 12.0 Å². The highest BCUT2D eigenvalue weighted by atomic mass is 16.5. The van der Waals surface area contributed by atoms with E-state index in [9.17, 15) is 9.90 Å². The first kappa shape index (κ1) is 46.3. The second-order valence-electron chi connectivity index (χ2n) is 15.3. The number of hydrogen-bond acceptors (Lipinski definition) is 3. The zero-order valence-electron chi connectivity index (χ0n) is 33.4. The van der Waals surface area contributed by atoms with Crippen LogP contribution in [-0.4, -0.2) is 24.0 Å². The number of carbonyl (C=O) groups excluding carboxylic acids is 1. The molecule has 0 heterocycles. The molecular weight excluding hydrogens is 617 g/mol. The summed E-state index contributed by atoms with van der Waals surface area (Å²) in [7, 11) is 0. The van der Waals surface area contributed by atoms with Crippen LogP contribution in [0.3, 0.4) is 0 Å². The number of aromatic hydroxyl groups is 1. The van der Waals surface area contributed by atoms with E-state index in [1.165, 1.54) is 199 Å². The molecule has 0 aliphatic carbocycles. The highest BCUT2D eigenvalue weighted by Crippen LogP contribution is 2.17. The smallest absolute Gasteiger partial charge is 0.321 e. The summed E-state index contributed by atoms with van der Waals surface area (Å²) in [6.45, 7) is 5.27. The molecule has 5 nitrogen and oxygen atoms in total. The molecule has 0 aliphatic heterocycles. The van der Waals surface area contributed by atoms with Gasteiger partial charge in [-0.1, -0.05) is 213 Å². The molecule has 1 aromatic carbocycles. The molecule has 0 aliphatic rings. The number of nitrogens with one attached hydrogen (secondary N) is 2. The summed E-state index contributed by atoms with van der Waals surface area (Å²) in [5.74, 6) is 0.189. The number of ether oxygens (including phenoxy) is 1. The second kappa shape index (κ2) is 37.0. The predicted molar refractivity (Wildman–Crippen MR) is 218 cm³/mol. The maximum Gasteiger partial charge on any atom is 0.321 e. The lowest BCUT2D eigenvalue weighted by Gasteiger charge is -2.20. The Balaban J connectivity index is 2.07.